The van der Waals surface area contributed by atoms with Crippen LogP contribution in [0, 0.1) is 11.8 Å². The van der Waals surface area contributed by atoms with Crippen LogP contribution in [-0.2, 0) is 12.8 Å². The van der Waals surface area contributed by atoms with E-state index in [1.165, 1.54) is 43.6 Å². The molecule has 3 nitrogen and oxygen atoms in total. The Morgan fingerprint density at radius 2 is 2.36 bits per heavy atom. The first-order chi connectivity index (χ1) is 6.83. The first-order valence-corrected chi connectivity index (χ1v) is 5.52. The normalized spacial score (nSPS) is 32.4. The monoisotopic (exact) mass is 191 g/mol. The second-order valence-corrected chi connectivity index (χ2v) is 4.85. The smallest absolute Gasteiger partial charge is 0.0522 e. The zero-order chi connectivity index (χ0) is 9.54. The maximum absolute atomic E-state index is 4.14. The Balaban J connectivity index is 1.85. The Kier molecular flexibility index (Phi) is 1.87. The number of fused-ring (bicyclic) bond motifs is 2. The van der Waals surface area contributed by atoms with Gasteiger partial charge in [-0.15, -0.1) is 0 Å². The highest BCUT2D eigenvalue weighted by Crippen LogP contribution is 2.34. The summed E-state index contributed by atoms with van der Waals surface area (Å²) in [6.45, 7) is 2.54. The predicted octanol–water partition coefficient (Wildman–Crippen LogP) is 1.08. The SMILES string of the molecule is CN1CCC2Cc3[nH]ncc3CC2C1. The molecule has 1 aromatic heterocycles. The minimum atomic E-state index is 0.874. The summed E-state index contributed by atoms with van der Waals surface area (Å²) >= 11 is 0. The summed E-state index contributed by atoms with van der Waals surface area (Å²) in [7, 11) is 2.24. The van der Waals surface area contributed by atoms with Crippen molar-refractivity contribution in [3.05, 3.63) is 17.5 Å². The molecule has 0 saturated carbocycles. The van der Waals surface area contributed by atoms with Gasteiger partial charge in [-0.2, -0.15) is 5.10 Å². The quantitative estimate of drug-likeness (QED) is 0.665. The van der Waals surface area contributed by atoms with Gasteiger partial charge in [0.1, 0.15) is 0 Å². The van der Waals surface area contributed by atoms with Crippen molar-refractivity contribution in [1.82, 2.24) is 15.1 Å². The Bertz CT molecular complexity index is 331. The number of aromatic nitrogens is 2. The number of rotatable bonds is 0. The highest BCUT2D eigenvalue weighted by atomic mass is 15.1. The molecule has 0 spiro atoms. The molecule has 2 unspecified atom stereocenters. The molecule has 0 bridgehead atoms. The number of hydrogen-bond donors (Lipinski definition) is 1. The van der Waals surface area contributed by atoms with E-state index in [2.05, 4.69) is 22.1 Å². The van der Waals surface area contributed by atoms with Crippen LogP contribution >= 0.6 is 0 Å². The van der Waals surface area contributed by atoms with E-state index in [4.69, 9.17) is 0 Å². The van der Waals surface area contributed by atoms with Gasteiger partial charge < -0.3 is 4.90 Å². The Hall–Kier alpha value is -0.830. The molecule has 1 N–H and O–H groups in total. The van der Waals surface area contributed by atoms with Gasteiger partial charge in [-0.1, -0.05) is 0 Å². The topological polar surface area (TPSA) is 31.9 Å². The minimum Gasteiger partial charge on any atom is -0.306 e. The third kappa shape index (κ3) is 1.27. The Morgan fingerprint density at radius 1 is 1.43 bits per heavy atom. The summed E-state index contributed by atoms with van der Waals surface area (Å²) in [5.41, 5.74) is 2.86. The van der Waals surface area contributed by atoms with Crippen molar-refractivity contribution in [2.75, 3.05) is 20.1 Å². The molecule has 1 fully saturated rings. The maximum Gasteiger partial charge on any atom is 0.0522 e. The van der Waals surface area contributed by atoms with Crippen LogP contribution in [0.4, 0.5) is 0 Å². The summed E-state index contributed by atoms with van der Waals surface area (Å²) in [6.07, 6.45) is 5.84. The van der Waals surface area contributed by atoms with Crippen molar-refractivity contribution >= 4 is 0 Å². The zero-order valence-electron chi connectivity index (χ0n) is 8.66. The van der Waals surface area contributed by atoms with Crippen LogP contribution in [0.15, 0.2) is 6.20 Å². The lowest BCUT2D eigenvalue weighted by Gasteiger charge is -2.39. The van der Waals surface area contributed by atoms with Crippen LogP contribution in [-0.4, -0.2) is 35.2 Å². The molecule has 1 saturated heterocycles. The fourth-order valence-corrected chi connectivity index (χ4v) is 3.00. The van der Waals surface area contributed by atoms with Crippen molar-refractivity contribution < 1.29 is 0 Å². The number of likely N-dealkylation sites (tertiary alicyclic amines) is 1. The van der Waals surface area contributed by atoms with Gasteiger partial charge in [-0.3, -0.25) is 5.10 Å². The molecule has 1 aromatic rings. The van der Waals surface area contributed by atoms with E-state index >= 15 is 0 Å². The number of hydrogen-bond acceptors (Lipinski definition) is 2. The summed E-state index contributed by atoms with van der Waals surface area (Å²) in [4.78, 5) is 2.46. The van der Waals surface area contributed by atoms with Crippen molar-refractivity contribution in [2.24, 2.45) is 11.8 Å². The fraction of sp³-hybridized carbons (Fsp3) is 0.727. The second-order valence-electron chi connectivity index (χ2n) is 4.85. The maximum atomic E-state index is 4.14. The van der Waals surface area contributed by atoms with Crippen LogP contribution in [0.2, 0.25) is 0 Å². The second kappa shape index (κ2) is 3.09. The molecule has 0 aromatic carbocycles. The number of piperidine rings is 1. The lowest BCUT2D eigenvalue weighted by molar-refractivity contribution is 0.134. The average molecular weight is 191 g/mol. The highest BCUT2D eigenvalue weighted by Gasteiger charge is 2.32. The number of nitrogens with zero attached hydrogens (tertiary/aromatic N) is 2. The van der Waals surface area contributed by atoms with Crippen molar-refractivity contribution in [1.29, 1.82) is 0 Å². The molecule has 2 aliphatic rings. The molecule has 14 heavy (non-hydrogen) atoms. The zero-order valence-corrected chi connectivity index (χ0v) is 8.66. The molecular formula is C11H17N3. The summed E-state index contributed by atoms with van der Waals surface area (Å²) in [5.74, 6) is 1.78. The van der Waals surface area contributed by atoms with Gasteiger partial charge in [0.05, 0.1) is 6.20 Å². The molecule has 1 aliphatic carbocycles. The van der Waals surface area contributed by atoms with Gasteiger partial charge in [0.15, 0.2) is 0 Å². The summed E-state index contributed by atoms with van der Waals surface area (Å²) in [5, 5.41) is 7.28. The van der Waals surface area contributed by atoms with Crippen molar-refractivity contribution in [3.8, 4) is 0 Å². The van der Waals surface area contributed by atoms with Crippen molar-refractivity contribution in [2.45, 2.75) is 19.3 Å². The molecule has 76 valence electrons. The predicted molar refractivity (Wildman–Crippen MR) is 55.1 cm³/mol. The van der Waals surface area contributed by atoms with E-state index in [9.17, 15) is 0 Å². The Morgan fingerprint density at radius 3 is 3.29 bits per heavy atom. The lowest BCUT2D eigenvalue weighted by Crippen LogP contribution is -2.41. The van der Waals surface area contributed by atoms with E-state index in [1.807, 2.05) is 6.20 Å². The van der Waals surface area contributed by atoms with Crippen LogP contribution in [0.1, 0.15) is 17.7 Å². The average Bonchev–Trinajstić information content (AvgIpc) is 2.61. The number of aromatic amines is 1. The lowest BCUT2D eigenvalue weighted by atomic mass is 9.75. The van der Waals surface area contributed by atoms with Gasteiger partial charge >= 0.3 is 0 Å². The minimum absolute atomic E-state index is 0.874. The van der Waals surface area contributed by atoms with Crippen LogP contribution in [0.3, 0.4) is 0 Å². The van der Waals surface area contributed by atoms with Gasteiger partial charge in [0, 0.05) is 12.2 Å². The van der Waals surface area contributed by atoms with E-state index in [0.717, 1.165) is 11.8 Å². The highest BCUT2D eigenvalue weighted by molar-refractivity contribution is 5.21. The molecule has 3 heteroatoms. The van der Waals surface area contributed by atoms with E-state index in [0.29, 0.717) is 0 Å². The number of H-pyrrole nitrogens is 1. The molecule has 2 atom stereocenters. The standard InChI is InChI=1S/C11H17N3/c1-14-3-2-8-5-11-9(6-12-13-11)4-10(8)7-14/h6,8,10H,2-5,7H2,1H3,(H,12,13). The molecule has 2 heterocycles. The first-order valence-electron chi connectivity index (χ1n) is 5.52. The van der Waals surface area contributed by atoms with Crippen molar-refractivity contribution in [3.63, 3.8) is 0 Å². The van der Waals surface area contributed by atoms with E-state index in [-0.39, 0.29) is 0 Å². The summed E-state index contributed by atoms with van der Waals surface area (Å²) in [6, 6.07) is 0. The van der Waals surface area contributed by atoms with E-state index < -0.39 is 0 Å². The molecular weight excluding hydrogens is 174 g/mol. The first kappa shape index (κ1) is 8.48. The van der Waals surface area contributed by atoms with Gasteiger partial charge in [0.2, 0.25) is 0 Å². The van der Waals surface area contributed by atoms with Crippen LogP contribution < -0.4 is 0 Å². The van der Waals surface area contributed by atoms with E-state index in [1.54, 1.807) is 0 Å². The van der Waals surface area contributed by atoms with Crippen LogP contribution in [0.5, 0.6) is 0 Å². The van der Waals surface area contributed by atoms with Gasteiger partial charge in [0.25, 0.3) is 0 Å². The molecule has 3 rings (SSSR count). The third-order valence-corrected chi connectivity index (χ3v) is 3.85. The van der Waals surface area contributed by atoms with Gasteiger partial charge in [-0.05, 0) is 50.3 Å². The Labute approximate surface area is 84.5 Å². The summed E-state index contributed by atoms with van der Waals surface area (Å²) < 4.78 is 0. The third-order valence-electron chi connectivity index (χ3n) is 3.85. The largest absolute Gasteiger partial charge is 0.306 e. The number of nitrogens with one attached hydrogen (secondary N) is 1. The van der Waals surface area contributed by atoms with Gasteiger partial charge in [-0.25, -0.2) is 0 Å². The van der Waals surface area contributed by atoms with Crippen LogP contribution in [0.25, 0.3) is 0 Å². The molecule has 0 amide bonds. The fourth-order valence-electron chi connectivity index (χ4n) is 3.00. The molecule has 1 aliphatic heterocycles. The molecule has 0 radical (unpaired) electrons.